The summed E-state index contributed by atoms with van der Waals surface area (Å²) in [5.74, 6) is 0.148. The van der Waals surface area contributed by atoms with E-state index in [1.165, 1.54) is 5.56 Å². The van der Waals surface area contributed by atoms with Crippen LogP contribution in [0.15, 0.2) is 18.2 Å². The Hall–Kier alpha value is -1.91. The Morgan fingerprint density at radius 1 is 1.29 bits per heavy atom. The van der Waals surface area contributed by atoms with E-state index in [4.69, 9.17) is 0 Å². The van der Waals surface area contributed by atoms with Crippen LogP contribution in [0.5, 0.6) is 5.75 Å². The third-order valence-corrected chi connectivity index (χ3v) is 3.83. The third-order valence-electron chi connectivity index (χ3n) is 3.83. The molecule has 21 heavy (non-hydrogen) atoms. The summed E-state index contributed by atoms with van der Waals surface area (Å²) >= 11 is 0. The quantitative estimate of drug-likeness (QED) is 0.919. The Labute approximate surface area is 122 Å². The fourth-order valence-electron chi connectivity index (χ4n) is 2.99. The zero-order chi connectivity index (χ0) is 14.8. The van der Waals surface area contributed by atoms with Gasteiger partial charge < -0.3 is 10.1 Å². The topological polar surface area (TPSA) is 34.2 Å². The van der Waals surface area contributed by atoms with E-state index < -0.39 is 6.61 Å². The van der Waals surface area contributed by atoms with Crippen molar-refractivity contribution in [2.75, 3.05) is 11.9 Å². The SMILES string of the molecule is CCNc1c2c(nc3c(OC(F)F)cccc13)CCCC2. The van der Waals surface area contributed by atoms with Gasteiger partial charge in [0, 0.05) is 23.3 Å². The molecular formula is C16H18F2N2O. The molecule has 1 aromatic heterocycles. The lowest BCUT2D eigenvalue weighted by atomic mass is 9.92. The predicted molar refractivity (Wildman–Crippen MR) is 79.2 cm³/mol. The summed E-state index contributed by atoms with van der Waals surface area (Å²) in [6.45, 7) is -0.0250. The summed E-state index contributed by atoms with van der Waals surface area (Å²) in [4.78, 5) is 4.61. The van der Waals surface area contributed by atoms with E-state index in [-0.39, 0.29) is 5.75 Å². The number of hydrogen-bond donors (Lipinski definition) is 1. The second kappa shape index (κ2) is 5.84. The van der Waals surface area contributed by atoms with Crippen LogP contribution in [0.25, 0.3) is 10.9 Å². The summed E-state index contributed by atoms with van der Waals surface area (Å²) < 4.78 is 29.8. The zero-order valence-electron chi connectivity index (χ0n) is 12.0. The number of rotatable bonds is 4. The first-order valence-electron chi connectivity index (χ1n) is 7.34. The van der Waals surface area contributed by atoms with E-state index in [1.807, 2.05) is 13.0 Å². The van der Waals surface area contributed by atoms with Crippen molar-refractivity contribution >= 4 is 16.6 Å². The molecule has 1 N–H and O–H groups in total. The number of aromatic nitrogens is 1. The molecule has 0 unspecified atom stereocenters. The molecule has 3 nitrogen and oxygen atoms in total. The summed E-state index contributed by atoms with van der Waals surface area (Å²) in [7, 11) is 0. The number of halogens is 2. The van der Waals surface area contributed by atoms with Crippen molar-refractivity contribution in [2.24, 2.45) is 0 Å². The number of nitrogens with one attached hydrogen (secondary N) is 1. The van der Waals surface area contributed by atoms with E-state index in [1.54, 1.807) is 12.1 Å². The second-order valence-electron chi connectivity index (χ2n) is 5.18. The molecule has 0 radical (unpaired) electrons. The van der Waals surface area contributed by atoms with Crippen molar-refractivity contribution in [1.82, 2.24) is 4.98 Å². The number of nitrogens with zero attached hydrogens (tertiary/aromatic N) is 1. The van der Waals surface area contributed by atoms with Gasteiger partial charge in [-0.1, -0.05) is 12.1 Å². The van der Waals surface area contributed by atoms with Crippen molar-refractivity contribution in [3.05, 3.63) is 29.5 Å². The van der Waals surface area contributed by atoms with Crippen molar-refractivity contribution < 1.29 is 13.5 Å². The van der Waals surface area contributed by atoms with Crippen LogP contribution >= 0.6 is 0 Å². The largest absolute Gasteiger partial charge is 0.432 e. The molecule has 1 heterocycles. The number of para-hydroxylation sites is 1. The highest BCUT2D eigenvalue weighted by molar-refractivity contribution is 5.96. The number of aryl methyl sites for hydroxylation is 1. The summed E-state index contributed by atoms with van der Waals surface area (Å²) in [5, 5.41) is 4.23. The van der Waals surface area contributed by atoms with Crippen molar-refractivity contribution in [3.63, 3.8) is 0 Å². The lowest BCUT2D eigenvalue weighted by Gasteiger charge is -2.22. The molecule has 0 aliphatic heterocycles. The number of hydrogen-bond acceptors (Lipinski definition) is 3. The fraction of sp³-hybridized carbons (Fsp3) is 0.438. The van der Waals surface area contributed by atoms with Gasteiger partial charge in [0.05, 0.1) is 0 Å². The zero-order valence-corrected chi connectivity index (χ0v) is 12.0. The van der Waals surface area contributed by atoms with Gasteiger partial charge >= 0.3 is 6.61 Å². The van der Waals surface area contributed by atoms with Crippen LogP contribution in [0.3, 0.4) is 0 Å². The van der Waals surface area contributed by atoms with E-state index >= 15 is 0 Å². The number of anilines is 1. The Morgan fingerprint density at radius 2 is 2.10 bits per heavy atom. The minimum atomic E-state index is -2.84. The molecule has 0 spiro atoms. The monoisotopic (exact) mass is 292 g/mol. The predicted octanol–water partition coefficient (Wildman–Crippen LogP) is 4.15. The van der Waals surface area contributed by atoms with Crippen LogP contribution in [-0.4, -0.2) is 18.1 Å². The molecule has 1 aromatic carbocycles. The highest BCUT2D eigenvalue weighted by atomic mass is 19.3. The van der Waals surface area contributed by atoms with Crippen LogP contribution in [-0.2, 0) is 12.8 Å². The van der Waals surface area contributed by atoms with Gasteiger partial charge in [0.15, 0.2) is 5.75 Å². The maximum absolute atomic E-state index is 12.6. The first kappa shape index (κ1) is 14.0. The summed E-state index contributed by atoms with van der Waals surface area (Å²) in [5.41, 5.74) is 3.78. The van der Waals surface area contributed by atoms with Crippen LogP contribution in [0.1, 0.15) is 31.0 Å². The minimum absolute atomic E-state index is 0.148. The molecule has 3 rings (SSSR count). The number of ether oxygens (including phenoxy) is 1. The Bertz CT molecular complexity index is 658. The second-order valence-corrected chi connectivity index (χ2v) is 5.18. The van der Waals surface area contributed by atoms with Crippen molar-refractivity contribution in [2.45, 2.75) is 39.2 Å². The molecule has 1 aliphatic carbocycles. The fourth-order valence-corrected chi connectivity index (χ4v) is 2.99. The number of alkyl halides is 2. The van der Waals surface area contributed by atoms with Gasteiger partial charge in [-0.15, -0.1) is 0 Å². The average Bonchev–Trinajstić information content (AvgIpc) is 2.47. The highest BCUT2D eigenvalue weighted by Crippen LogP contribution is 2.36. The normalized spacial score (nSPS) is 14.3. The lowest BCUT2D eigenvalue weighted by Crippen LogP contribution is -2.12. The Kier molecular flexibility index (Phi) is 3.90. The Morgan fingerprint density at radius 3 is 2.86 bits per heavy atom. The average molecular weight is 292 g/mol. The van der Waals surface area contributed by atoms with Crippen molar-refractivity contribution in [1.29, 1.82) is 0 Å². The molecule has 1 aliphatic rings. The van der Waals surface area contributed by atoms with Crippen LogP contribution in [0, 0.1) is 0 Å². The molecule has 112 valence electrons. The van der Waals surface area contributed by atoms with Gasteiger partial charge in [-0.3, -0.25) is 0 Å². The van der Waals surface area contributed by atoms with Crippen molar-refractivity contribution in [3.8, 4) is 5.75 Å². The molecule has 0 saturated heterocycles. The summed E-state index contributed by atoms with van der Waals surface area (Å²) in [6.07, 6.45) is 4.12. The Balaban J connectivity index is 2.23. The van der Waals surface area contributed by atoms with E-state index in [9.17, 15) is 8.78 Å². The molecule has 5 heteroatoms. The third kappa shape index (κ3) is 2.64. The van der Waals surface area contributed by atoms with Gasteiger partial charge in [0.2, 0.25) is 0 Å². The smallest absolute Gasteiger partial charge is 0.387 e. The number of fused-ring (bicyclic) bond motifs is 2. The standard InChI is InChI=1S/C16H18F2N2O/c1-2-19-14-10-6-3-4-8-12(10)20-15-11(14)7-5-9-13(15)21-16(17)18/h5,7,9,16H,2-4,6,8H2,1H3,(H,19,20). The maximum Gasteiger partial charge on any atom is 0.387 e. The van der Waals surface area contributed by atoms with Gasteiger partial charge in [-0.25, -0.2) is 4.98 Å². The molecule has 0 fully saturated rings. The highest BCUT2D eigenvalue weighted by Gasteiger charge is 2.20. The van der Waals surface area contributed by atoms with Crippen LogP contribution in [0.2, 0.25) is 0 Å². The minimum Gasteiger partial charge on any atom is -0.432 e. The molecule has 0 amide bonds. The van der Waals surface area contributed by atoms with E-state index in [0.29, 0.717) is 5.52 Å². The van der Waals surface area contributed by atoms with Crippen LogP contribution in [0.4, 0.5) is 14.5 Å². The molecule has 2 aromatic rings. The molecular weight excluding hydrogens is 274 g/mol. The first-order valence-corrected chi connectivity index (χ1v) is 7.34. The van der Waals surface area contributed by atoms with Gasteiger partial charge in [0.1, 0.15) is 5.52 Å². The van der Waals surface area contributed by atoms with E-state index in [0.717, 1.165) is 49.0 Å². The number of benzene rings is 1. The van der Waals surface area contributed by atoms with E-state index in [2.05, 4.69) is 15.0 Å². The summed E-state index contributed by atoms with van der Waals surface area (Å²) in [6, 6.07) is 5.19. The van der Waals surface area contributed by atoms with Gasteiger partial charge in [-0.05, 0) is 44.2 Å². The first-order chi connectivity index (χ1) is 10.2. The molecule has 0 atom stereocenters. The van der Waals surface area contributed by atoms with Crippen LogP contribution < -0.4 is 10.1 Å². The van der Waals surface area contributed by atoms with Gasteiger partial charge in [0.25, 0.3) is 0 Å². The number of pyridine rings is 1. The molecule has 0 saturated carbocycles. The molecule has 0 bridgehead atoms. The maximum atomic E-state index is 12.6. The lowest BCUT2D eigenvalue weighted by molar-refractivity contribution is -0.0489. The van der Waals surface area contributed by atoms with Gasteiger partial charge in [-0.2, -0.15) is 8.78 Å².